The summed E-state index contributed by atoms with van der Waals surface area (Å²) in [4.78, 5) is 12.3. The zero-order valence-electron chi connectivity index (χ0n) is 14.2. The summed E-state index contributed by atoms with van der Waals surface area (Å²) >= 11 is 0. The van der Waals surface area contributed by atoms with E-state index in [9.17, 15) is 4.79 Å². The third-order valence-corrected chi connectivity index (χ3v) is 4.84. The minimum absolute atomic E-state index is 0.0203. The molecule has 0 radical (unpaired) electrons. The van der Waals surface area contributed by atoms with Crippen LogP contribution in [0.3, 0.4) is 0 Å². The first kappa shape index (κ1) is 18.0. The third kappa shape index (κ3) is 5.96. The summed E-state index contributed by atoms with van der Waals surface area (Å²) in [5, 5.41) is 3.21. The predicted molar refractivity (Wildman–Crippen MR) is 93.0 cm³/mol. The van der Waals surface area contributed by atoms with E-state index in [1.165, 1.54) is 37.7 Å². The van der Waals surface area contributed by atoms with Crippen LogP contribution in [0.1, 0.15) is 56.6 Å². The van der Waals surface area contributed by atoms with Crippen molar-refractivity contribution in [2.75, 3.05) is 13.7 Å². The lowest BCUT2D eigenvalue weighted by molar-refractivity contribution is -0.124. The number of nitrogens with two attached hydrogens (primary N) is 1. The van der Waals surface area contributed by atoms with Gasteiger partial charge in [0.2, 0.25) is 5.91 Å². The van der Waals surface area contributed by atoms with Crippen molar-refractivity contribution in [3.63, 3.8) is 0 Å². The second kappa shape index (κ2) is 9.68. The summed E-state index contributed by atoms with van der Waals surface area (Å²) in [6, 6.07) is 10.4. The van der Waals surface area contributed by atoms with Crippen LogP contribution in [-0.4, -0.2) is 25.7 Å². The van der Waals surface area contributed by atoms with E-state index in [0.717, 1.165) is 6.42 Å². The maximum absolute atomic E-state index is 12.3. The molecule has 1 amide bonds. The van der Waals surface area contributed by atoms with Crippen LogP contribution >= 0.6 is 0 Å². The fraction of sp³-hybridized carbons (Fsp3) is 0.632. The zero-order chi connectivity index (χ0) is 16.5. The van der Waals surface area contributed by atoms with E-state index in [4.69, 9.17) is 10.5 Å². The van der Waals surface area contributed by atoms with Crippen molar-refractivity contribution in [3.05, 3.63) is 35.9 Å². The number of amides is 1. The van der Waals surface area contributed by atoms with E-state index < -0.39 is 0 Å². The van der Waals surface area contributed by atoms with Crippen LogP contribution < -0.4 is 11.1 Å². The Labute approximate surface area is 139 Å². The Kier molecular flexibility index (Phi) is 7.56. The molecule has 1 saturated carbocycles. The van der Waals surface area contributed by atoms with Crippen molar-refractivity contribution >= 4 is 5.91 Å². The SMILES string of the molecule is COC(CN)CC(=O)NC(CC1CCCCC1)c1ccccc1. The molecule has 128 valence electrons. The van der Waals surface area contributed by atoms with Gasteiger partial charge in [0, 0.05) is 13.7 Å². The molecule has 1 aliphatic rings. The lowest BCUT2D eigenvalue weighted by atomic mass is 9.83. The van der Waals surface area contributed by atoms with Crippen LogP contribution in [0.5, 0.6) is 0 Å². The fourth-order valence-electron chi connectivity index (χ4n) is 3.44. The summed E-state index contributed by atoms with van der Waals surface area (Å²) in [5.74, 6) is 0.731. The van der Waals surface area contributed by atoms with Crippen molar-refractivity contribution < 1.29 is 9.53 Å². The maximum atomic E-state index is 12.3. The second-order valence-electron chi connectivity index (χ2n) is 6.57. The molecule has 0 heterocycles. The van der Waals surface area contributed by atoms with E-state index >= 15 is 0 Å². The fourth-order valence-corrected chi connectivity index (χ4v) is 3.44. The molecule has 0 aromatic heterocycles. The van der Waals surface area contributed by atoms with Gasteiger partial charge in [0.25, 0.3) is 0 Å². The highest BCUT2D eigenvalue weighted by atomic mass is 16.5. The van der Waals surface area contributed by atoms with Crippen molar-refractivity contribution in [2.45, 2.75) is 57.1 Å². The molecule has 0 spiro atoms. The van der Waals surface area contributed by atoms with Crippen molar-refractivity contribution in [3.8, 4) is 0 Å². The number of carbonyl (C=O) groups excluding carboxylic acids is 1. The van der Waals surface area contributed by atoms with E-state index in [0.29, 0.717) is 18.9 Å². The van der Waals surface area contributed by atoms with Crippen molar-refractivity contribution in [1.82, 2.24) is 5.32 Å². The number of carbonyl (C=O) groups is 1. The molecule has 1 fully saturated rings. The molecular formula is C19H30N2O2. The molecule has 2 rings (SSSR count). The Morgan fingerprint density at radius 2 is 1.96 bits per heavy atom. The lowest BCUT2D eigenvalue weighted by Crippen LogP contribution is -2.35. The van der Waals surface area contributed by atoms with Gasteiger partial charge in [-0.2, -0.15) is 0 Å². The van der Waals surface area contributed by atoms with Crippen LogP contribution in [0.25, 0.3) is 0 Å². The van der Waals surface area contributed by atoms with E-state index in [1.54, 1.807) is 7.11 Å². The molecule has 2 atom stereocenters. The summed E-state index contributed by atoms with van der Waals surface area (Å²) in [5.41, 5.74) is 6.81. The number of rotatable bonds is 8. The number of hydrogen-bond donors (Lipinski definition) is 2. The minimum atomic E-state index is -0.207. The zero-order valence-corrected chi connectivity index (χ0v) is 14.2. The predicted octanol–water partition coefficient (Wildman–Crippen LogP) is 3.18. The summed E-state index contributed by atoms with van der Waals surface area (Å²) in [7, 11) is 1.60. The van der Waals surface area contributed by atoms with Gasteiger partial charge in [-0.25, -0.2) is 0 Å². The first-order chi connectivity index (χ1) is 11.2. The summed E-state index contributed by atoms with van der Waals surface area (Å²) in [6.07, 6.45) is 7.69. The monoisotopic (exact) mass is 318 g/mol. The highest BCUT2D eigenvalue weighted by Gasteiger charge is 2.22. The number of benzene rings is 1. The summed E-state index contributed by atoms with van der Waals surface area (Å²) < 4.78 is 5.22. The van der Waals surface area contributed by atoms with Gasteiger partial charge >= 0.3 is 0 Å². The van der Waals surface area contributed by atoms with E-state index in [1.807, 2.05) is 18.2 Å². The van der Waals surface area contributed by atoms with Crippen LogP contribution in [0.2, 0.25) is 0 Å². The average molecular weight is 318 g/mol. The Hall–Kier alpha value is -1.39. The maximum Gasteiger partial charge on any atom is 0.223 e. The quantitative estimate of drug-likeness (QED) is 0.774. The molecule has 0 saturated heterocycles. The topological polar surface area (TPSA) is 64.3 Å². The number of ether oxygens (including phenoxy) is 1. The first-order valence-electron chi connectivity index (χ1n) is 8.80. The van der Waals surface area contributed by atoms with Crippen molar-refractivity contribution in [1.29, 1.82) is 0 Å². The summed E-state index contributed by atoms with van der Waals surface area (Å²) in [6.45, 7) is 0.364. The van der Waals surface area contributed by atoms with Gasteiger partial charge in [0.1, 0.15) is 0 Å². The lowest BCUT2D eigenvalue weighted by Gasteiger charge is -2.28. The van der Waals surface area contributed by atoms with Crippen LogP contribution in [-0.2, 0) is 9.53 Å². The molecule has 1 aromatic carbocycles. The Bertz CT molecular complexity index is 454. The molecule has 1 aliphatic carbocycles. The van der Waals surface area contributed by atoms with Gasteiger partial charge in [0.05, 0.1) is 18.6 Å². The molecule has 0 aliphatic heterocycles. The highest BCUT2D eigenvalue weighted by molar-refractivity contribution is 5.77. The van der Waals surface area contributed by atoms with E-state index in [-0.39, 0.29) is 18.1 Å². The van der Waals surface area contributed by atoms with Crippen LogP contribution in [0.4, 0.5) is 0 Å². The van der Waals surface area contributed by atoms with Crippen LogP contribution in [0, 0.1) is 5.92 Å². The first-order valence-corrected chi connectivity index (χ1v) is 8.80. The van der Waals surface area contributed by atoms with Gasteiger partial charge in [0.15, 0.2) is 0 Å². The van der Waals surface area contributed by atoms with Gasteiger partial charge in [-0.1, -0.05) is 62.4 Å². The smallest absolute Gasteiger partial charge is 0.223 e. The molecule has 4 heteroatoms. The van der Waals surface area contributed by atoms with Gasteiger partial charge in [-0.3, -0.25) is 4.79 Å². The normalized spacial score (nSPS) is 18.3. The average Bonchev–Trinajstić information content (AvgIpc) is 2.60. The number of hydrogen-bond acceptors (Lipinski definition) is 3. The van der Waals surface area contributed by atoms with Crippen molar-refractivity contribution in [2.24, 2.45) is 11.7 Å². The molecule has 0 bridgehead atoms. The number of methoxy groups -OCH3 is 1. The molecular weight excluding hydrogens is 288 g/mol. The standard InChI is InChI=1S/C19H30N2O2/c1-23-17(14-20)13-19(22)21-18(16-10-6-3-7-11-16)12-15-8-4-2-5-9-15/h3,6-7,10-11,15,17-18H,2,4-5,8-9,12-14,20H2,1H3,(H,21,22). The molecule has 23 heavy (non-hydrogen) atoms. The molecule has 2 unspecified atom stereocenters. The molecule has 3 N–H and O–H groups in total. The van der Waals surface area contributed by atoms with E-state index in [2.05, 4.69) is 17.4 Å². The van der Waals surface area contributed by atoms with Gasteiger partial charge < -0.3 is 15.8 Å². The van der Waals surface area contributed by atoms with Gasteiger partial charge in [-0.05, 0) is 17.9 Å². The molecule has 1 aromatic rings. The third-order valence-electron chi connectivity index (χ3n) is 4.84. The van der Waals surface area contributed by atoms with Crippen LogP contribution in [0.15, 0.2) is 30.3 Å². The highest BCUT2D eigenvalue weighted by Crippen LogP contribution is 2.32. The number of nitrogens with one attached hydrogen (secondary N) is 1. The van der Waals surface area contributed by atoms with Gasteiger partial charge in [-0.15, -0.1) is 0 Å². The Morgan fingerprint density at radius 3 is 2.57 bits per heavy atom. The second-order valence-corrected chi connectivity index (χ2v) is 6.57. The largest absolute Gasteiger partial charge is 0.380 e. The minimum Gasteiger partial charge on any atom is -0.380 e. The Balaban J connectivity index is 1.99. The Morgan fingerprint density at radius 1 is 1.26 bits per heavy atom. The molecule has 4 nitrogen and oxygen atoms in total.